The Bertz CT molecular complexity index is 185. The van der Waals surface area contributed by atoms with Gasteiger partial charge in [-0.05, 0) is 45.7 Å². The van der Waals surface area contributed by atoms with Crippen LogP contribution in [0.2, 0.25) is 0 Å². The molecule has 0 bridgehead atoms. The van der Waals surface area contributed by atoms with Crippen LogP contribution in [0.4, 0.5) is 0 Å². The number of likely N-dealkylation sites (tertiary alicyclic amines) is 1. The van der Waals surface area contributed by atoms with Crippen molar-refractivity contribution in [3.63, 3.8) is 0 Å². The van der Waals surface area contributed by atoms with E-state index in [0.29, 0.717) is 0 Å². The normalized spacial score (nSPS) is 24.5. The van der Waals surface area contributed by atoms with Gasteiger partial charge in [0.2, 0.25) is 0 Å². The maximum Gasteiger partial charge on any atom is 0.0332 e. The van der Waals surface area contributed by atoms with E-state index in [-0.39, 0.29) is 11.6 Å². The minimum Gasteiger partial charge on any atom is -0.326 e. The van der Waals surface area contributed by atoms with E-state index in [9.17, 15) is 0 Å². The van der Waals surface area contributed by atoms with Crippen molar-refractivity contribution in [1.29, 1.82) is 0 Å². The van der Waals surface area contributed by atoms with Crippen molar-refractivity contribution < 1.29 is 0 Å². The molecule has 0 radical (unpaired) electrons. The van der Waals surface area contributed by atoms with Crippen LogP contribution in [0.1, 0.15) is 39.5 Å². The summed E-state index contributed by atoms with van der Waals surface area (Å²) in [5.41, 5.74) is 6.41. The lowest BCUT2D eigenvalue weighted by atomic mass is 9.86. The molecule has 1 aliphatic rings. The third-order valence-corrected chi connectivity index (χ3v) is 3.76. The predicted octanol–water partition coefficient (Wildman–Crippen LogP) is 2.15. The lowest BCUT2D eigenvalue weighted by Gasteiger charge is -2.42. The quantitative estimate of drug-likeness (QED) is 0.683. The van der Waals surface area contributed by atoms with E-state index in [0.717, 1.165) is 12.8 Å². The lowest BCUT2D eigenvalue weighted by molar-refractivity contribution is 0.101. The molecule has 0 aromatic carbocycles. The summed E-state index contributed by atoms with van der Waals surface area (Å²) in [5, 5.41) is 0. The molecule has 2 N–H and O–H groups in total. The number of hydrogen-bond donors (Lipinski definition) is 1. The van der Waals surface area contributed by atoms with Crippen LogP contribution in [0.3, 0.4) is 0 Å². The molecule has 82 valence electrons. The van der Waals surface area contributed by atoms with Gasteiger partial charge in [-0.3, -0.25) is 4.90 Å². The van der Waals surface area contributed by atoms with Gasteiger partial charge in [0.15, 0.2) is 0 Å². The second-order valence-electron chi connectivity index (χ2n) is 4.54. The van der Waals surface area contributed by atoms with Gasteiger partial charge in [-0.2, -0.15) is 0 Å². The standard InChI is InChI=1S/C12H24N2/c1-4-8-11(13)12(3,5-2)14-9-6-7-10-14/h4,11H,1,5-10,13H2,2-3H3. The average molecular weight is 196 g/mol. The minimum absolute atomic E-state index is 0.171. The average Bonchev–Trinajstić information content (AvgIpc) is 2.70. The highest BCUT2D eigenvalue weighted by Gasteiger charge is 2.36. The van der Waals surface area contributed by atoms with Crippen LogP contribution in [0.5, 0.6) is 0 Å². The molecule has 0 amide bonds. The Labute approximate surface area is 88.2 Å². The Hall–Kier alpha value is -0.340. The second-order valence-corrected chi connectivity index (χ2v) is 4.54. The minimum atomic E-state index is 0.171. The number of nitrogens with zero attached hydrogens (tertiary/aromatic N) is 1. The van der Waals surface area contributed by atoms with Gasteiger partial charge in [-0.1, -0.05) is 13.0 Å². The zero-order valence-corrected chi connectivity index (χ0v) is 9.63. The summed E-state index contributed by atoms with van der Waals surface area (Å²) in [5.74, 6) is 0. The summed E-state index contributed by atoms with van der Waals surface area (Å²) in [6.07, 6.45) is 6.64. The van der Waals surface area contributed by atoms with Crippen LogP contribution in [0, 0.1) is 0 Å². The van der Waals surface area contributed by atoms with E-state index in [2.05, 4.69) is 25.3 Å². The topological polar surface area (TPSA) is 29.3 Å². The Morgan fingerprint density at radius 3 is 2.50 bits per heavy atom. The molecule has 0 saturated carbocycles. The van der Waals surface area contributed by atoms with Crippen LogP contribution in [-0.4, -0.2) is 29.6 Å². The Morgan fingerprint density at radius 1 is 1.50 bits per heavy atom. The maximum atomic E-state index is 6.24. The van der Waals surface area contributed by atoms with Gasteiger partial charge in [-0.25, -0.2) is 0 Å². The fourth-order valence-electron chi connectivity index (χ4n) is 2.38. The van der Waals surface area contributed by atoms with Gasteiger partial charge < -0.3 is 5.73 Å². The summed E-state index contributed by atoms with van der Waals surface area (Å²) in [6.45, 7) is 10.7. The van der Waals surface area contributed by atoms with Gasteiger partial charge in [-0.15, -0.1) is 6.58 Å². The summed E-state index contributed by atoms with van der Waals surface area (Å²) in [6, 6.07) is 0.225. The van der Waals surface area contributed by atoms with Crippen molar-refractivity contribution in [2.45, 2.75) is 51.1 Å². The highest BCUT2D eigenvalue weighted by Crippen LogP contribution is 2.28. The van der Waals surface area contributed by atoms with Gasteiger partial charge in [0, 0.05) is 11.6 Å². The van der Waals surface area contributed by atoms with Crippen molar-refractivity contribution >= 4 is 0 Å². The first-order valence-corrected chi connectivity index (χ1v) is 5.76. The zero-order chi connectivity index (χ0) is 10.6. The van der Waals surface area contributed by atoms with Crippen LogP contribution in [0.15, 0.2) is 12.7 Å². The van der Waals surface area contributed by atoms with E-state index in [1.165, 1.54) is 25.9 Å². The number of nitrogens with two attached hydrogens (primary N) is 1. The van der Waals surface area contributed by atoms with Crippen LogP contribution < -0.4 is 5.73 Å². The highest BCUT2D eigenvalue weighted by atomic mass is 15.2. The maximum absolute atomic E-state index is 6.24. The number of hydrogen-bond acceptors (Lipinski definition) is 2. The van der Waals surface area contributed by atoms with Gasteiger partial charge in [0.05, 0.1) is 0 Å². The first kappa shape index (κ1) is 11.7. The van der Waals surface area contributed by atoms with Gasteiger partial charge in [0.1, 0.15) is 0 Å². The summed E-state index contributed by atoms with van der Waals surface area (Å²) < 4.78 is 0. The first-order chi connectivity index (χ1) is 6.65. The van der Waals surface area contributed by atoms with Crippen molar-refractivity contribution in [1.82, 2.24) is 4.90 Å². The number of rotatable bonds is 5. The molecule has 2 nitrogen and oxygen atoms in total. The van der Waals surface area contributed by atoms with Gasteiger partial charge >= 0.3 is 0 Å². The molecule has 0 aromatic rings. The molecule has 1 fully saturated rings. The highest BCUT2D eigenvalue weighted by molar-refractivity contribution is 4.98. The fourth-order valence-corrected chi connectivity index (χ4v) is 2.38. The largest absolute Gasteiger partial charge is 0.326 e. The second kappa shape index (κ2) is 4.94. The zero-order valence-electron chi connectivity index (χ0n) is 9.63. The molecule has 1 rings (SSSR count). The Morgan fingerprint density at radius 2 is 2.07 bits per heavy atom. The molecule has 2 atom stereocenters. The molecular weight excluding hydrogens is 172 g/mol. The lowest BCUT2D eigenvalue weighted by Crippen LogP contribution is -2.56. The summed E-state index contributed by atoms with van der Waals surface area (Å²) in [4.78, 5) is 2.56. The van der Waals surface area contributed by atoms with E-state index >= 15 is 0 Å². The molecule has 1 heterocycles. The van der Waals surface area contributed by atoms with E-state index in [1.54, 1.807) is 0 Å². The Kier molecular flexibility index (Phi) is 4.14. The SMILES string of the molecule is C=CCC(N)C(C)(CC)N1CCCC1. The Balaban J connectivity index is 2.67. The molecule has 2 unspecified atom stereocenters. The fraction of sp³-hybridized carbons (Fsp3) is 0.833. The third kappa shape index (κ3) is 2.18. The summed E-state index contributed by atoms with van der Waals surface area (Å²) >= 11 is 0. The van der Waals surface area contributed by atoms with Crippen molar-refractivity contribution in [2.24, 2.45) is 5.73 Å². The van der Waals surface area contributed by atoms with E-state index < -0.39 is 0 Å². The molecule has 1 aliphatic heterocycles. The monoisotopic (exact) mass is 196 g/mol. The van der Waals surface area contributed by atoms with Crippen LogP contribution in [-0.2, 0) is 0 Å². The van der Waals surface area contributed by atoms with Crippen LogP contribution in [0.25, 0.3) is 0 Å². The molecule has 0 aromatic heterocycles. The van der Waals surface area contributed by atoms with Gasteiger partial charge in [0.25, 0.3) is 0 Å². The van der Waals surface area contributed by atoms with Crippen molar-refractivity contribution in [3.8, 4) is 0 Å². The van der Waals surface area contributed by atoms with E-state index in [1.807, 2.05) is 6.08 Å². The molecule has 1 saturated heterocycles. The predicted molar refractivity (Wildman–Crippen MR) is 62.3 cm³/mol. The molecule has 14 heavy (non-hydrogen) atoms. The third-order valence-electron chi connectivity index (χ3n) is 3.76. The van der Waals surface area contributed by atoms with Crippen molar-refractivity contribution in [2.75, 3.05) is 13.1 Å². The molecule has 0 spiro atoms. The van der Waals surface area contributed by atoms with Crippen LogP contribution >= 0.6 is 0 Å². The first-order valence-electron chi connectivity index (χ1n) is 5.76. The smallest absolute Gasteiger partial charge is 0.0332 e. The summed E-state index contributed by atoms with van der Waals surface area (Å²) in [7, 11) is 0. The molecule has 2 heteroatoms. The van der Waals surface area contributed by atoms with Crippen molar-refractivity contribution in [3.05, 3.63) is 12.7 Å². The van der Waals surface area contributed by atoms with E-state index in [4.69, 9.17) is 5.73 Å². The molecule has 0 aliphatic carbocycles. The molecular formula is C12H24N2.